The topological polar surface area (TPSA) is 259 Å². The molecule has 0 bridgehead atoms. The van der Waals surface area contributed by atoms with Crippen LogP contribution < -0.4 is 21.7 Å². The number of ketones is 1. The maximum Gasteiger partial charge on any atom is 0.326 e. The highest BCUT2D eigenvalue weighted by atomic mass is 16.5. The molecule has 0 unspecified atom stereocenters. The number of aliphatic carboxylic acids is 2. The molecule has 0 aromatic rings. The number of carboxylic acid groups (broad SMARTS) is 2. The quantitative estimate of drug-likeness (QED) is 0.0392. The molecule has 7 N–H and O–H groups in total. The summed E-state index contributed by atoms with van der Waals surface area (Å²) in [7, 11) is 0. The Balaban J connectivity index is -0.00000113. The SMILES string of the molecule is CCCC(=O)CC[C@H](NC(=O)CCCCCCCCCCCCCCCCC(=O)O)C(=O)O.CCOCCOCC(=O)NCCOCCOCC(=O)NCCCC[C@H](C)C(N)=O.[HH]. The number of hydrogen-bond acceptors (Lipinski definition) is 11. The number of amides is 4. The van der Waals surface area contributed by atoms with Gasteiger partial charge in [-0.15, -0.1) is 0 Å². The normalized spacial score (nSPS) is 11.8. The van der Waals surface area contributed by atoms with Gasteiger partial charge in [-0.2, -0.15) is 0 Å². The summed E-state index contributed by atoms with van der Waals surface area (Å²) in [6.45, 7) is 8.94. The van der Waals surface area contributed by atoms with Crippen LogP contribution in [-0.4, -0.2) is 124 Å². The van der Waals surface area contributed by atoms with E-state index in [4.69, 9.17) is 29.8 Å². The van der Waals surface area contributed by atoms with Crippen LogP contribution in [0.1, 0.15) is 170 Å². The smallest absolute Gasteiger partial charge is 0.326 e. The molecular formula is C45H86N4O13. The standard InChI is InChI=1S/C26H47NO6.C19H37N3O7.H2/c1-2-17-22(28)20-21-23(26(32)33)27-24(29)18-15-13-11-9-7-5-3-4-6-8-10-12-14-16-19-25(30)31;1-3-26-10-12-28-15-18(24)22-8-9-27-11-13-29-14-17(23)21-7-5-4-6-16(2)19(20)25;/h23H,2-21H2,1H3,(H,27,29)(H,30,31)(H,32,33);16H,3-15H2,1-2H3,(H2,20,25)(H,21,23)(H,22,24);1H/t23-;16-;/m00./s1. The second kappa shape index (κ2) is 45.4. The van der Waals surface area contributed by atoms with E-state index in [1.54, 1.807) is 6.92 Å². The second-order valence-electron chi connectivity index (χ2n) is 15.5. The molecule has 0 aromatic heterocycles. The number of carboxylic acids is 2. The van der Waals surface area contributed by atoms with Crippen LogP contribution in [0.2, 0.25) is 0 Å². The molecule has 0 aromatic carbocycles. The van der Waals surface area contributed by atoms with Crippen molar-refractivity contribution >= 4 is 41.4 Å². The van der Waals surface area contributed by atoms with E-state index in [9.17, 15) is 38.7 Å². The van der Waals surface area contributed by atoms with Crippen molar-refractivity contribution in [3.8, 4) is 0 Å². The maximum atomic E-state index is 12.0. The Morgan fingerprint density at radius 3 is 1.50 bits per heavy atom. The molecule has 0 heterocycles. The van der Waals surface area contributed by atoms with Crippen LogP contribution in [0.3, 0.4) is 0 Å². The zero-order valence-corrected chi connectivity index (χ0v) is 38.5. The van der Waals surface area contributed by atoms with Gasteiger partial charge in [0.15, 0.2) is 0 Å². The van der Waals surface area contributed by atoms with Gasteiger partial charge in [0.2, 0.25) is 23.6 Å². The van der Waals surface area contributed by atoms with Gasteiger partial charge in [-0.05, 0) is 45.4 Å². The summed E-state index contributed by atoms with van der Waals surface area (Å²) in [6, 6.07) is -0.977. The lowest BCUT2D eigenvalue weighted by molar-refractivity contribution is -0.142. The van der Waals surface area contributed by atoms with Gasteiger partial charge in [-0.1, -0.05) is 97.3 Å². The Labute approximate surface area is 372 Å². The van der Waals surface area contributed by atoms with Crippen LogP contribution in [0.4, 0.5) is 0 Å². The molecule has 0 fully saturated rings. The van der Waals surface area contributed by atoms with Crippen molar-refractivity contribution in [3.63, 3.8) is 0 Å². The highest BCUT2D eigenvalue weighted by molar-refractivity contribution is 5.84. The number of carbonyl (C=O) groups is 7. The number of carbonyl (C=O) groups excluding carboxylic acids is 5. The van der Waals surface area contributed by atoms with Gasteiger partial charge in [-0.3, -0.25) is 28.8 Å². The first-order chi connectivity index (χ1) is 29.8. The molecule has 17 nitrogen and oxygen atoms in total. The molecule has 0 rings (SSSR count). The fourth-order valence-corrected chi connectivity index (χ4v) is 6.04. The maximum absolute atomic E-state index is 12.0. The zero-order chi connectivity index (χ0) is 46.5. The van der Waals surface area contributed by atoms with Crippen molar-refractivity contribution in [2.45, 2.75) is 174 Å². The molecule has 17 heteroatoms. The summed E-state index contributed by atoms with van der Waals surface area (Å²) in [6.07, 6.45) is 20.2. The number of primary amides is 1. The molecule has 0 saturated heterocycles. The average Bonchev–Trinajstić information content (AvgIpc) is 3.22. The number of rotatable bonds is 44. The summed E-state index contributed by atoms with van der Waals surface area (Å²) >= 11 is 0. The molecule has 0 spiro atoms. The van der Waals surface area contributed by atoms with E-state index >= 15 is 0 Å². The summed E-state index contributed by atoms with van der Waals surface area (Å²) in [5.74, 6) is -2.81. The van der Waals surface area contributed by atoms with Crippen LogP contribution in [-0.2, 0) is 52.5 Å². The average molecular weight is 891 g/mol. The van der Waals surface area contributed by atoms with Gasteiger partial charge in [0.25, 0.3) is 0 Å². The van der Waals surface area contributed by atoms with Gasteiger partial charge < -0.3 is 50.8 Å². The number of nitrogens with two attached hydrogens (primary N) is 1. The lowest BCUT2D eigenvalue weighted by Gasteiger charge is -2.14. The van der Waals surface area contributed by atoms with Crippen molar-refractivity contribution in [3.05, 3.63) is 0 Å². The minimum atomic E-state index is -1.08. The number of ether oxygens (including phenoxy) is 4. The van der Waals surface area contributed by atoms with Crippen LogP contribution in [0, 0.1) is 5.92 Å². The number of hydrogen-bond donors (Lipinski definition) is 6. The largest absolute Gasteiger partial charge is 0.481 e. The first-order valence-electron chi connectivity index (χ1n) is 23.2. The Kier molecular flexibility index (Phi) is 44.2. The van der Waals surface area contributed by atoms with Crippen molar-refractivity contribution in [1.29, 1.82) is 0 Å². The molecule has 62 heavy (non-hydrogen) atoms. The van der Waals surface area contributed by atoms with Crippen LogP contribution in [0.5, 0.6) is 0 Å². The number of nitrogens with one attached hydrogen (secondary N) is 3. The Morgan fingerprint density at radius 2 is 1.02 bits per heavy atom. The molecule has 0 aliphatic heterocycles. The Morgan fingerprint density at radius 1 is 0.532 bits per heavy atom. The zero-order valence-electron chi connectivity index (χ0n) is 38.5. The van der Waals surface area contributed by atoms with Gasteiger partial charge in [0.05, 0.1) is 33.0 Å². The van der Waals surface area contributed by atoms with E-state index in [0.29, 0.717) is 65.4 Å². The van der Waals surface area contributed by atoms with Crippen LogP contribution in [0.15, 0.2) is 0 Å². The molecule has 0 saturated carbocycles. The summed E-state index contributed by atoms with van der Waals surface area (Å²) in [5, 5.41) is 25.8. The lowest BCUT2D eigenvalue weighted by Crippen LogP contribution is -2.41. The molecule has 2 atom stereocenters. The predicted octanol–water partition coefficient (Wildman–Crippen LogP) is 5.87. The van der Waals surface area contributed by atoms with E-state index < -0.39 is 18.0 Å². The molecule has 0 aliphatic rings. The van der Waals surface area contributed by atoms with E-state index in [1.807, 2.05) is 13.8 Å². The minimum Gasteiger partial charge on any atom is -0.481 e. The lowest BCUT2D eigenvalue weighted by atomic mass is 10.0. The summed E-state index contributed by atoms with van der Waals surface area (Å²) in [5.41, 5.74) is 5.19. The molecular weight excluding hydrogens is 805 g/mol. The van der Waals surface area contributed by atoms with Crippen molar-refractivity contribution in [2.24, 2.45) is 11.7 Å². The van der Waals surface area contributed by atoms with Crippen LogP contribution >= 0.6 is 0 Å². The van der Waals surface area contributed by atoms with E-state index in [2.05, 4.69) is 16.0 Å². The third kappa shape index (κ3) is 45.8. The third-order valence-corrected chi connectivity index (χ3v) is 9.77. The van der Waals surface area contributed by atoms with Crippen molar-refractivity contribution < 1.29 is 64.1 Å². The minimum absolute atomic E-state index is 0. The van der Waals surface area contributed by atoms with Gasteiger partial charge in [0, 0.05) is 52.7 Å². The Hall–Kier alpha value is -3.67. The molecule has 4 amide bonds. The summed E-state index contributed by atoms with van der Waals surface area (Å²) < 4.78 is 20.8. The third-order valence-electron chi connectivity index (χ3n) is 9.77. The fraction of sp³-hybridized carbons (Fsp3) is 0.844. The summed E-state index contributed by atoms with van der Waals surface area (Å²) in [4.78, 5) is 79.2. The van der Waals surface area contributed by atoms with Crippen LogP contribution in [0.25, 0.3) is 0 Å². The Bertz CT molecular complexity index is 1180. The molecule has 0 radical (unpaired) electrons. The number of Topliss-reactive ketones (excluding diaryl/α,β-unsaturated/α-hetero) is 1. The first kappa shape index (κ1) is 60.4. The van der Waals surface area contributed by atoms with E-state index in [0.717, 1.165) is 64.2 Å². The van der Waals surface area contributed by atoms with Gasteiger partial charge in [-0.25, -0.2) is 4.79 Å². The van der Waals surface area contributed by atoms with E-state index in [-0.39, 0.29) is 69.4 Å². The fourth-order valence-electron chi connectivity index (χ4n) is 6.04. The predicted molar refractivity (Wildman–Crippen MR) is 240 cm³/mol. The molecule has 0 aliphatic carbocycles. The molecule has 364 valence electrons. The van der Waals surface area contributed by atoms with Crippen molar-refractivity contribution in [1.82, 2.24) is 16.0 Å². The first-order valence-corrected chi connectivity index (χ1v) is 23.2. The highest BCUT2D eigenvalue weighted by Crippen LogP contribution is 2.14. The van der Waals surface area contributed by atoms with Gasteiger partial charge in [0.1, 0.15) is 25.0 Å². The van der Waals surface area contributed by atoms with Gasteiger partial charge >= 0.3 is 11.9 Å². The van der Waals surface area contributed by atoms with E-state index in [1.165, 1.54) is 51.4 Å². The number of unbranched alkanes of at least 4 members (excludes halogenated alkanes) is 14. The second-order valence-corrected chi connectivity index (χ2v) is 15.5. The van der Waals surface area contributed by atoms with Crippen molar-refractivity contribution in [2.75, 3.05) is 65.9 Å². The highest BCUT2D eigenvalue weighted by Gasteiger charge is 2.20. The monoisotopic (exact) mass is 891 g/mol.